The zero-order valence-corrected chi connectivity index (χ0v) is 7.97. The number of rotatable bonds is 0. The summed E-state index contributed by atoms with van der Waals surface area (Å²) in [7, 11) is -9.28. The van der Waals surface area contributed by atoms with E-state index in [1.807, 2.05) is 0 Å². The molecule has 12 heteroatoms. The van der Waals surface area contributed by atoms with Gasteiger partial charge in [0, 0.05) is 17.1 Å². The maximum absolute atomic E-state index is 8.74. The topological polar surface area (TPSA) is 187 Å². The van der Waals surface area contributed by atoms with Gasteiger partial charge in [-0.1, -0.05) is 0 Å². The van der Waals surface area contributed by atoms with Gasteiger partial charge in [0.25, 0.3) is 0 Å². The van der Waals surface area contributed by atoms with Gasteiger partial charge in [0.15, 0.2) is 0 Å². The molecule has 0 saturated carbocycles. The first kappa shape index (κ1) is 22.8. The zero-order valence-electron chi connectivity index (χ0n) is 5.21. The molecular formula is H8CuO9SSi. The van der Waals surface area contributed by atoms with Crippen LogP contribution in [0.1, 0.15) is 0 Å². The van der Waals surface area contributed by atoms with Crippen molar-refractivity contribution in [1.82, 2.24) is 0 Å². The van der Waals surface area contributed by atoms with Gasteiger partial charge in [0.05, 0.1) is 0 Å². The molecule has 83 valence electrons. The molecule has 0 rings (SSSR count). The van der Waals surface area contributed by atoms with E-state index in [2.05, 4.69) is 0 Å². The summed E-state index contributed by atoms with van der Waals surface area (Å²) in [5.74, 6) is 0. The molecule has 0 amide bonds. The average Bonchev–Trinajstić information content (AvgIpc) is 1.12. The standard InChI is InChI=1S/Cu.H2O4S.H4O4Si.H2O/c;2*1-5(2,3)4;/h;(H2,1,2,3,4);1-4H;1H2. The van der Waals surface area contributed by atoms with Gasteiger partial charge in [-0.2, -0.15) is 8.42 Å². The minimum absolute atomic E-state index is 0. The van der Waals surface area contributed by atoms with Crippen LogP contribution in [-0.4, -0.2) is 51.2 Å². The summed E-state index contributed by atoms with van der Waals surface area (Å²) in [5.41, 5.74) is 0. The Morgan fingerprint density at radius 1 is 0.917 bits per heavy atom. The fourth-order valence-corrected chi connectivity index (χ4v) is 0. The van der Waals surface area contributed by atoms with E-state index in [0.717, 1.165) is 0 Å². The van der Waals surface area contributed by atoms with Crippen LogP contribution >= 0.6 is 0 Å². The van der Waals surface area contributed by atoms with Crippen molar-refractivity contribution in [3.05, 3.63) is 0 Å². The van der Waals surface area contributed by atoms with Crippen molar-refractivity contribution in [3.8, 4) is 0 Å². The molecule has 0 aromatic rings. The van der Waals surface area contributed by atoms with Crippen molar-refractivity contribution in [1.29, 1.82) is 0 Å². The first-order valence-corrected chi connectivity index (χ1v) is 4.78. The van der Waals surface area contributed by atoms with Crippen LogP contribution in [0.2, 0.25) is 0 Å². The molecule has 0 fully saturated rings. The van der Waals surface area contributed by atoms with Crippen molar-refractivity contribution in [2.45, 2.75) is 0 Å². The van der Waals surface area contributed by atoms with Gasteiger partial charge in [-0.15, -0.1) is 0 Å². The van der Waals surface area contributed by atoms with E-state index >= 15 is 0 Å². The van der Waals surface area contributed by atoms with Crippen LogP contribution in [0.5, 0.6) is 0 Å². The number of hydrogen-bond acceptors (Lipinski definition) is 6. The van der Waals surface area contributed by atoms with Crippen molar-refractivity contribution >= 4 is 19.4 Å². The second kappa shape index (κ2) is 8.03. The summed E-state index contributed by atoms with van der Waals surface area (Å²) in [5, 5.41) is 0. The van der Waals surface area contributed by atoms with Gasteiger partial charge < -0.3 is 24.7 Å². The molecule has 0 spiro atoms. The van der Waals surface area contributed by atoms with Gasteiger partial charge in [-0.25, -0.2) is 0 Å². The van der Waals surface area contributed by atoms with Crippen LogP contribution in [0.4, 0.5) is 0 Å². The molecule has 0 aromatic carbocycles. The molecule has 0 saturated heterocycles. The van der Waals surface area contributed by atoms with Crippen LogP contribution in [0.25, 0.3) is 0 Å². The van der Waals surface area contributed by atoms with Gasteiger partial charge in [0.1, 0.15) is 0 Å². The zero-order chi connectivity index (χ0) is 9.00. The molecule has 0 atom stereocenters. The van der Waals surface area contributed by atoms with Crippen LogP contribution in [0.15, 0.2) is 0 Å². The predicted molar refractivity (Wildman–Crippen MR) is 32.4 cm³/mol. The Hall–Kier alpha value is 0.406. The molecular weight excluding hydrogens is 268 g/mol. The molecule has 0 aromatic heterocycles. The third-order valence-electron chi connectivity index (χ3n) is 0. The monoisotopic (exact) mass is 275 g/mol. The molecule has 0 unspecified atom stereocenters. The van der Waals surface area contributed by atoms with Crippen LogP contribution in [0.3, 0.4) is 0 Å². The smallest absolute Gasteiger partial charge is 0.412 e. The first-order chi connectivity index (χ1) is 4.00. The summed E-state index contributed by atoms with van der Waals surface area (Å²) in [6.07, 6.45) is 0. The Morgan fingerprint density at radius 2 is 0.917 bits per heavy atom. The second-order valence-electron chi connectivity index (χ2n) is 1.05. The van der Waals surface area contributed by atoms with Crippen LogP contribution in [-0.2, 0) is 27.5 Å². The quantitative estimate of drug-likeness (QED) is 0.190. The van der Waals surface area contributed by atoms with E-state index in [9.17, 15) is 0 Å². The van der Waals surface area contributed by atoms with E-state index in [1.54, 1.807) is 0 Å². The van der Waals surface area contributed by atoms with E-state index in [-0.39, 0.29) is 22.5 Å². The molecule has 9 nitrogen and oxygen atoms in total. The van der Waals surface area contributed by atoms with Gasteiger partial charge >= 0.3 is 19.4 Å². The normalized spacial score (nSPS) is 9.83. The van der Waals surface area contributed by atoms with Gasteiger partial charge in [0.2, 0.25) is 0 Å². The molecule has 0 aliphatic heterocycles. The SMILES string of the molecule is O.O=S(=O)(O)O.O[Si](O)(O)O.[Cu]. The van der Waals surface area contributed by atoms with E-state index < -0.39 is 19.4 Å². The molecule has 0 bridgehead atoms. The second-order valence-corrected chi connectivity index (χ2v) is 3.14. The fourth-order valence-electron chi connectivity index (χ4n) is 0. The van der Waals surface area contributed by atoms with Crippen molar-refractivity contribution in [3.63, 3.8) is 0 Å². The van der Waals surface area contributed by atoms with Gasteiger partial charge in [-0.05, 0) is 0 Å². The molecule has 0 aliphatic rings. The largest absolute Gasteiger partial charge is 0.668 e. The van der Waals surface area contributed by atoms with Crippen molar-refractivity contribution in [2.24, 2.45) is 0 Å². The first-order valence-electron chi connectivity index (χ1n) is 1.59. The van der Waals surface area contributed by atoms with Crippen molar-refractivity contribution in [2.75, 3.05) is 0 Å². The average molecular weight is 276 g/mol. The maximum Gasteiger partial charge on any atom is 0.668 e. The molecule has 0 aliphatic carbocycles. The molecule has 1 radical (unpaired) electrons. The Morgan fingerprint density at radius 3 is 0.917 bits per heavy atom. The Kier molecular flexibility index (Phi) is 15.3. The molecule has 0 heterocycles. The molecule has 8 N–H and O–H groups in total. The van der Waals surface area contributed by atoms with E-state index in [1.165, 1.54) is 0 Å². The summed E-state index contributed by atoms with van der Waals surface area (Å²) in [6, 6.07) is 0. The minimum atomic E-state index is -4.67. The minimum Gasteiger partial charge on any atom is -0.412 e. The van der Waals surface area contributed by atoms with E-state index in [4.69, 9.17) is 36.7 Å². The Balaban J connectivity index is -0.0000000457. The number of hydrogen-bond donors (Lipinski definition) is 6. The third kappa shape index (κ3) is 5580. The third-order valence-corrected chi connectivity index (χ3v) is 0. The van der Waals surface area contributed by atoms with Crippen LogP contribution < -0.4 is 0 Å². The maximum atomic E-state index is 8.74. The summed E-state index contributed by atoms with van der Waals surface area (Å²) < 4.78 is 31.6. The Labute approximate surface area is 79.1 Å². The van der Waals surface area contributed by atoms with Crippen LogP contribution in [0, 0.1) is 0 Å². The summed E-state index contributed by atoms with van der Waals surface area (Å²) in [4.78, 5) is 29.3. The summed E-state index contributed by atoms with van der Waals surface area (Å²) in [6.45, 7) is 0. The van der Waals surface area contributed by atoms with Crippen molar-refractivity contribution < 1.29 is 59.3 Å². The predicted octanol–water partition coefficient (Wildman–Crippen LogP) is -4.09. The van der Waals surface area contributed by atoms with E-state index in [0.29, 0.717) is 0 Å². The fraction of sp³-hybridized carbons (Fsp3) is 0. The molecule has 12 heavy (non-hydrogen) atoms. The summed E-state index contributed by atoms with van der Waals surface area (Å²) >= 11 is 0. The van der Waals surface area contributed by atoms with Gasteiger partial charge in [-0.3, -0.25) is 9.11 Å². The Bertz CT molecular complexity index is 149.